The molecule has 0 fully saturated rings. The number of benzene rings is 1. The topological polar surface area (TPSA) is 33.0 Å². The minimum Gasteiger partial charge on any atom is -0.494 e. The van der Waals surface area contributed by atoms with Crippen LogP contribution in [0.2, 0.25) is 0 Å². The second kappa shape index (κ2) is 6.02. The summed E-state index contributed by atoms with van der Waals surface area (Å²) in [7, 11) is 0. The van der Waals surface area contributed by atoms with Crippen LogP contribution >= 0.6 is 0 Å². The Morgan fingerprint density at radius 2 is 2.33 bits per heavy atom. The first-order chi connectivity index (χ1) is 7.27. The molecule has 1 aromatic carbocycles. The molecule has 0 aliphatic carbocycles. The summed E-state index contributed by atoms with van der Waals surface area (Å²) in [5, 5.41) is 8.43. The van der Waals surface area contributed by atoms with Crippen LogP contribution < -0.4 is 4.74 Å². The number of hydrogen-bond acceptors (Lipinski definition) is 2. The van der Waals surface area contributed by atoms with Crippen LogP contribution in [0.1, 0.15) is 31.5 Å². The molecule has 1 aromatic rings. The Labute approximate surface area is 89.3 Å². The average molecular weight is 207 g/mol. The third-order valence-corrected chi connectivity index (χ3v) is 2.03. The summed E-state index contributed by atoms with van der Waals surface area (Å²) in [5.74, 6) is 0.624. The molecular weight excluding hydrogens is 193 g/mol. The maximum absolute atomic E-state index is 13.0. The smallest absolute Gasteiger partial charge is 0.211 e. The third-order valence-electron chi connectivity index (χ3n) is 2.03. The second-order valence-corrected chi connectivity index (χ2v) is 3.27. The van der Waals surface area contributed by atoms with Crippen LogP contribution in [0.3, 0.4) is 0 Å². The molecule has 0 heterocycles. The molecule has 1 rings (SSSR count). The molecule has 0 saturated heterocycles. The van der Waals surface area contributed by atoms with Crippen molar-refractivity contribution < 1.29 is 9.13 Å². The molecule has 2 nitrogen and oxygen atoms in total. The molecule has 80 valence electrons. The SMILES string of the molecule is CCCCOc1cccc(C(F)C#N)c1. The van der Waals surface area contributed by atoms with Crippen LogP contribution in [0.5, 0.6) is 5.75 Å². The van der Waals surface area contributed by atoms with Crippen molar-refractivity contribution in [2.75, 3.05) is 6.61 Å². The Balaban J connectivity index is 2.62. The highest BCUT2D eigenvalue weighted by molar-refractivity contribution is 5.31. The molecule has 0 aromatic heterocycles. The average Bonchev–Trinajstić information content (AvgIpc) is 2.29. The van der Waals surface area contributed by atoms with Gasteiger partial charge in [0, 0.05) is 5.56 Å². The van der Waals surface area contributed by atoms with Crippen LogP contribution in [0, 0.1) is 11.3 Å². The molecule has 0 saturated carbocycles. The molecule has 1 unspecified atom stereocenters. The van der Waals surface area contributed by atoms with Gasteiger partial charge in [0.05, 0.1) is 6.61 Å². The number of ether oxygens (including phenoxy) is 1. The summed E-state index contributed by atoms with van der Waals surface area (Å²) < 4.78 is 18.4. The summed E-state index contributed by atoms with van der Waals surface area (Å²) in [6.45, 7) is 2.70. The zero-order valence-corrected chi connectivity index (χ0v) is 8.74. The van der Waals surface area contributed by atoms with E-state index in [0.717, 1.165) is 12.8 Å². The van der Waals surface area contributed by atoms with Gasteiger partial charge in [-0.2, -0.15) is 5.26 Å². The van der Waals surface area contributed by atoms with Crippen LogP contribution in [-0.4, -0.2) is 6.61 Å². The standard InChI is InChI=1S/C12H14FNO/c1-2-3-7-15-11-6-4-5-10(8-11)12(13)9-14/h4-6,8,12H,2-3,7H2,1H3. The molecular formula is C12H14FNO. The molecule has 0 aliphatic rings. The lowest BCUT2D eigenvalue weighted by Crippen LogP contribution is -1.97. The summed E-state index contributed by atoms with van der Waals surface area (Å²) in [6.07, 6.45) is 0.463. The number of halogens is 1. The molecule has 0 aliphatic heterocycles. The van der Waals surface area contributed by atoms with Crippen LogP contribution in [0.15, 0.2) is 24.3 Å². The van der Waals surface area contributed by atoms with E-state index in [-0.39, 0.29) is 0 Å². The van der Waals surface area contributed by atoms with E-state index in [1.807, 2.05) is 0 Å². The fourth-order valence-electron chi connectivity index (χ4n) is 1.17. The van der Waals surface area contributed by atoms with E-state index in [0.29, 0.717) is 17.9 Å². The minimum atomic E-state index is -1.57. The molecule has 0 bridgehead atoms. The van der Waals surface area contributed by atoms with Crippen molar-refractivity contribution in [2.24, 2.45) is 0 Å². The van der Waals surface area contributed by atoms with Crippen LogP contribution in [0.4, 0.5) is 4.39 Å². The quantitative estimate of drug-likeness (QED) is 0.693. The number of nitriles is 1. The lowest BCUT2D eigenvalue weighted by molar-refractivity contribution is 0.308. The van der Waals surface area contributed by atoms with Gasteiger partial charge < -0.3 is 4.74 Å². The van der Waals surface area contributed by atoms with Gasteiger partial charge in [0.2, 0.25) is 6.17 Å². The van der Waals surface area contributed by atoms with Gasteiger partial charge in [0.15, 0.2) is 0 Å². The van der Waals surface area contributed by atoms with E-state index in [4.69, 9.17) is 10.00 Å². The minimum absolute atomic E-state index is 0.353. The fraction of sp³-hybridized carbons (Fsp3) is 0.417. The predicted octanol–water partition coefficient (Wildman–Crippen LogP) is 3.40. The highest BCUT2D eigenvalue weighted by Gasteiger charge is 2.08. The van der Waals surface area contributed by atoms with Crippen molar-refractivity contribution in [3.05, 3.63) is 29.8 Å². The Hall–Kier alpha value is -1.56. The van der Waals surface area contributed by atoms with Crippen LogP contribution in [0.25, 0.3) is 0 Å². The van der Waals surface area contributed by atoms with Gasteiger partial charge in [-0.15, -0.1) is 0 Å². The maximum Gasteiger partial charge on any atom is 0.211 e. The van der Waals surface area contributed by atoms with Crippen molar-refractivity contribution in [3.63, 3.8) is 0 Å². The van der Waals surface area contributed by atoms with Crippen LogP contribution in [-0.2, 0) is 0 Å². The number of unbranched alkanes of at least 4 members (excludes halogenated alkanes) is 1. The van der Waals surface area contributed by atoms with E-state index < -0.39 is 6.17 Å². The van der Waals surface area contributed by atoms with E-state index in [2.05, 4.69) is 6.92 Å². The first kappa shape index (κ1) is 11.5. The lowest BCUT2D eigenvalue weighted by Gasteiger charge is -2.07. The van der Waals surface area contributed by atoms with E-state index in [9.17, 15) is 4.39 Å². The van der Waals surface area contributed by atoms with Gasteiger partial charge >= 0.3 is 0 Å². The van der Waals surface area contributed by atoms with E-state index >= 15 is 0 Å². The summed E-state index contributed by atoms with van der Waals surface area (Å²) >= 11 is 0. The first-order valence-corrected chi connectivity index (χ1v) is 5.04. The zero-order valence-electron chi connectivity index (χ0n) is 8.74. The molecule has 0 N–H and O–H groups in total. The molecule has 15 heavy (non-hydrogen) atoms. The fourth-order valence-corrected chi connectivity index (χ4v) is 1.17. The number of rotatable bonds is 5. The number of nitrogens with zero attached hydrogens (tertiary/aromatic N) is 1. The Morgan fingerprint density at radius 3 is 3.00 bits per heavy atom. The summed E-state index contributed by atoms with van der Waals surface area (Å²) in [5.41, 5.74) is 0.353. The predicted molar refractivity (Wildman–Crippen MR) is 56.3 cm³/mol. The normalized spacial score (nSPS) is 11.8. The second-order valence-electron chi connectivity index (χ2n) is 3.27. The first-order valence-electron chi connectivity index (χ1n) is 5.04. The summed E-state index contributed by atoms with van der Waals surface area (Å²) in [6, 6.07) is 8.17. The van der Waals surface area contributed by atoms with E-state index in [1.165, 1.54) is 0 Å². The molecule has 0 radical (unpaired) electrons. The Bertz CT molecular complexity index is 346. The molecule has 0 spiro atoms. The lowest BCUT2D eigenvalue weighted by atomic mass is 10.1. The Morgan fingerprint density at radius 1 is 1.53 bits per heavy atom. The highest BCUT2D eigenvalue weighted by Crippen LogP contribution is 2.21. The third kappa shape index (κ3) is 3.59. The van der Waals surface area contributed by atoms with Crippen molar-refractivity contribution in [1.29, 1.82) is 5.26 Å². The molecule has 3 heteroatoms. The largest absolute Gasteiger partial charge is 0.494 e. The molecule has 0 amide bonds. The monoisotopic (exact) mass is 207 g/mol. The van der Waals surface area contributed by atoms with Gasteiger partial charge in [-0.1, -0.05) is 25.5 Å². The van der Waals surface area contributed by atoms with Gasteiger partial charge in [-0.05, 0) is 18.6 Å². The van der Waals surface area contributed by atoms with Crippen molar-refractivity contribution >= 4 is 0 Å². The van der Waals surface area contributed by atoms with Gasteiger partial charge in [-0.3, -0.25) is 0 Å². The zero-order chi connectivity index (χ0) is 11.1. The van der Waals surface area contributed by atoms with Gasteiger partial charge in [-0.25, -0.2) is 4.39 Å². The van der Waals surface area contributed by atoms with Crippen molar-refractivity contribution in [3.8, 4) is 11.8 Å². The van der Waals surface area contributed by atoms with Gasteiger partial charge in [0.25, 0.3) is 0 Å². The highest BCUT2D eigenvalue weighted by atomic mass is 19.1. The molecule has 1 atom stereocenters. The van der Waals surface area contributed by atoms with Crippen molar-refractivity contribution in [1.82, 2.24) is 0 Å². The number of hydrogen-bond donors (Lipinski definition) is 0. The van der Waals surface area contributed by atoms with Crippen molar-refractivity contribution in [2.45, 2.75) is 25.9 Å². The van der Waals surface area contributed by atoms with E-state index in [1.54, 1.807) is 30.3 Å². The van der Waals surface area contributed by atoms with Gasteiger partial charge in [0.1, 0.15) is 11.8 Å². The Kier molecular flexibility index (Phi) is 4.62. The maximum atomic E-state index is 13.0. The summed E-state index contributed by atoms with van der Waals surface area (Å²) in [4.78, 5) is 0. The number of alkyl halides is 1.